The van der Waals surface area contributed by atoms with Crippen molar-refractivity contribution in [1.82, 2.24) is 10.2 Å². The Labute approximate surface area is 212 Å². The van der Waals surface area contributed by atoms with Gasteiger partial charge in [0.05, 0.1) is 23.2 Å². The highest BCUT2D eigenvalue weighted by Crippen LogP contribution is 2.68. The maximum Gasteiger partial charge on any atom is 0.244 e. The van der Waals surface area contributed by atoms with Crippen LogP contribution in [0.5, 0.6) is 0 Å². The molecule has 0 saturated carbocycles. The molecule has 0 aliphatic carbocycles. The summed E-state index contributed by atoms with van der Waals surface area (Å²) in [5, 5.41) is 16.0. The van der Waals surface area contributed by atoms with Crippen molar-refractivity contribution in [2.24, 2.45) is 23.2 Å². The molecule has 3 unspecified atom stereocenters. The van der Waals surface area contributed by atoms with Gasteiger partial charge < -0.3 is 20.6 Å². The first-order valence-electron chi connectivity index (χ1n) is 12.6. The van der Waals surface area contributed by atoms with E-state index in [2.05, 4.69) is 38.3 Å². The molecule has 1 aromatic rings. The lowest BCUT2D eigenvalue weighted by Gasteiger charge is -2.41. The number of β-amino-alcohol motifs (C(OH)–C–C–N with tert-alkyl or cyclic N) is 1. The van der Waals surface area contributed by atoms with Crippen LogP contribution in [0.15, 0.2) is 30.3 Å². The van der Waals surface area contributed by atoms with Gasteiger partial charge in [0.15, 0.2) is 0 Å². The second-order valence-electron chi connectivity index (χ2n) is 12.3. The molecule has 4 rings (SSSR count). The fraction of sp³-hybridized carbons (Fsp3) is 0.667. The molecule has 0 radical (unpaired) electrons. The summed E-state index contributed by atoms with van der Waals surface area (Å²) < 4.78 is -0.683. The van der Waals surface area contributed by atoms with E-state index >= 15 is 0 Å². The van der Waals surface area contributed by atoms with E-state index < -0.39 is 28.2 Å². The van der Waals surface area contributed by atoms with Crippen molar-refractivity contribution in [3.8, 4) is 0 Å². The largest absolute Gasteiger partial charge is 0.395 e. The number of benzene rings is 1. The topological polar surface area (TPSA) is 98.7 Å². The maximum absolute atomic E-state index is 13.9. The smallest absolute Gasteiger partial charge is 0.244 e. The van der Waals surface area contributed by atoms with E-state index in [1.165, 1.54) is 0 Å². The zero-order valence-electron chi connectivity index (χ0n) is 21.6. The summed E-state index contributed by atoms with van der Waals surface area (Å²) >= 11 is 1.65. The third-order valence-corrected chi connectivity index (χ3v) is 9.69. The molecule has 3 aliphatic rings. The van der Waals surface area contributed by atoms with Crippen molar-refractivity contribution in [3.63, 3.8) is 0 Å². The van der Waals surface area contributed by atoms with Crippen LogP contribution in [0.25, 0.3) is 0 Å². The number of nitrogens with one attached hydrogen (secondary N) is 2. The molecule has 1 aromatic carbocycles. The third kappa shape index (κ3) is 4.59. The number of anilines is 1. The predicted molar refractivity (Wildman–Crippen MR) is 139 cm³/mol. The molecule has 8 heteroatoms. The van der Waals surface area contributed by atoms with Crippen LogP contribution in [0.1, 0.15) is 54.4 Å². The zero-order chi connectivity index (χ0) is 25.8. The van der Waals surface area contributed by atoms with Crippen LogP contribution in [0.3, 0.4) is 0 Å². The molecule has 3 fully saturated rings. The van der Waals surface area contributed by atoms with E-state index in [4.69, 9.17) is 0 Å². The Bertz CT molecular complexity index is 992. The minimum atomic E-state index is -0.717. The quantitative estimate of drug-likeness (QED) is 0.533. The van der Waals surface area contributed by atoms with Gasteiger partial charge in [-0.05, 0) is 50.2 Å². The first-order valence-corrected chi connectivity index (χ1v) is 13.5. The van der Waals surface area contributed by atoms with Gasteiger partial charge in [-0.25, -0.2) is 0 Å². The predicted octanol–water partition coefficient (Wildman–Crippen LogP) is 3.29. The summed E-state index contributed by atoms with van der Waals surface area (Å²) in [5.74, 6) is -1.55. The second kappa shape index (κ2) is 9.11. The fourth-order valence-corrected chi connectivity index (χ4v) is 9.41. The molecule has 7 nitrogen and oxygen atoms in total. The van der Waals surface area contributed by atoms with E-state index in [9.17, 15) is 19.5 Å². The maximum atomic E-state index is 13.9. The van der Waals surface area contributed by atoms with E-state index in [-0.39, 0.29) is 47.5 Å². The van der Waals surface area contributed by atoms with Gasteiger partial charge in [0.2, 0.25) is 17.7 Å². The number of rotatable bonds is 7. The van der Waals surface area contributed by atoms with Crippen LogP contribution in [-0.4, -0.2) is 62.5 Å². The molecule has 6 atom stereocenters. The SMILES string of the molecule is CC1C[C@H]2SC13C(C(=O)NC(C)(C)CC(C)(C)C)N(CCO)C(=O)[C@@H]3[C@H]2C(=O)Nc1ccccc1. The molecule has 3 saturated heterocycles. The normalized spacial score (nSPS) is 32.0. The molecule has 192 valence electrons. The number of aliphatic hydroxyl groups is 1. The Balaban J connectivity index is 1.67. The Kier molecular flexibility index (Phi) is 6.77. The summed E-state index contributed by atoms with van der Waals surface area (Å²) in [6, 6.07) is 8.55. The number of amides is 3. The van der Waals surface area contributed by atoms with E-state index in [1.807, 2.05) is 44.2 Å². The van der Waals surface area contributed by atoms with Crippen LogP contribution in [0, 0.1) is 23.2 Å². The first kappa shape index (κ1) is 26.0. The number of carbonyl (C=O) groups is 3. The van der Waals surface area contributed by atoms with E-state index in [0.29, 0.717) is 5.69 Å². The zero-order valence-corrected chi connectivity index (χ0v) is 22.4. The van der Waals surface area contributed by atoms with Crippen molar-refractivity contribution in [2.75, 3.05) is 18.5 Å². The minimum absolute atomic E-state index is 0.0162. The molecular weight excluding hydrogens is 462 g/mol. The average molecular weight is 502 g/mol. The highest BCUT2D eigenvalue weighted by Gasteiger charge is 2.76. The molecule has 3 amide bonds. The summed E-state index contributed by atoms with van der Waals surface area (Å²) in [5.41, 5.74) is 0.248. The molecule has 35 heavy (non-hydrogen) atoms. The van der Waals surface area contributed by atoms with Gasteiger partial charge in [0, 0.05) is 23.0 Å². The van der Waals surface area contributed by atoms with Gasteiger partial charge in [0.1, 0.15) is 6.04 Å². The van der Waals surface area contributed by atoms with Gasteiger partial charge in [-0.2, -0.15) is 0 Å². The van der Waals surface area contributed by atoms with Crippen LogP contribution in [0.4, 0.5) is 5.69 Å². The number of carbonyl (C=O) groups excluding carboxylic acids is 3. The molecule has 1 spiro atoms. The van der Waals surface area contributed by atoms with Crippen molar-refractivity contribution in [3.05, 3.63) is 30.3 Å². The van der Waals surface area contributed by atoms with Gasteiger partial charge in [-0.1, -0.05) is 45.9 Å². The summed E-state index contributed by atoms with van der Waals surface area (Å²) in [4.78, 5) is 42.8. The monoisotopic (exact) mass is 501 g/mol. The Morgan fingerprint density at radius 1 is 1.14 bits per heavy atom. The molecule has 2 bridgehead atoms. The number of nitrogens with zero attached hydrogens (tertiary/aromatic N) is 1. The first-order chi connectivity index (χ1) is 16.3. The van der Waals surface area contributed by atoms with Crippen LogP contribution >= 0.6 is 11.8 Å². The number of thioether (sulfide) groups is 1. The third-order valence-electron chi connectivity index (χ3n) is 7.61. The van der Waals surface area contributed by atoms with Gasteiger partial charge in [-0.3, -0.25) is 14.4 Å². The van der Waals surface area contributed by atoms with E-state index in [0.717, 1.165) is 12.8 Å². The molecule has 3 heterocycles. The highest BCUT2D eigenvalue weighted by atomic mass is 32.2. The number of hydrogen-bond acceptors (Lipinski definition) is 5. The number of fused-ring (bicyclic) bond motifs is 1. The Hall–Kier alpha value is -2.06. The fourth-order valence-electron chi connectivity index (χ4n) is 6.99. The minimum Gasteiger partial charge on any atom is -0.395 e. The molecule has 3 aliphatic heterocycles. The summed E-state index contributed by atoms with van der Waals surface area (Å²) in [6.07, 6.45) is 1.56. The molecule has 3 N–H and O–H groups in total. The van der Waals surface area contributed by atoms with Gasteiger partial charge in [0.25, 0.3) is 0 Å². The standard InChI is InChI=1S/C27H39N3O4S/c1-16-14-18-19(22(32)28-17-10-8-7-9-11-17)20-24(34)30(12-13-31)21(27(16,20)35-18)23(33)29-26(5,6)15-25(2,3)4/h7-11,16,18-21,31H,12-15H2,1-6H3,(H,28,32)(H,29,33)/t16?,18-,19+,20+,21?,27?/m1/s1. The average Bonchev–Trinajstić information content (AvgIpc) is 3.31. The number of likely N-dealkylation sites (tertiary alicyclic amines) is 1. The van der Waals surface area contributed by atoms with Crippen LogP contribution < -0.4 is 10.6 Å². The van der Waals surface area contributed by atoms with Crippen molar-refractivity contribution < 1.29 is 19.5 Å². The number of aliphatic hydroxyl groups excluding tert-OH is 1. The molecule has 0 aromatic heterocycles. The van der Waals surface area contributed by atoms with Gasteiger partial charge in [-0.15, -0.1) is 11.8 Å². The number of para-hydroxylation sites is 1. The van der Waals surface area contributed by atoms with Crippen LogP contribution in [0.2, 0.25) is 0 Å². The van der Waals surface area contributed by atoms with Crippen molar-refractivity contribution >= 4 is 35.2 Å². The highest BCUT2D eigenvalue weighted by molar-refractivity contribution is 8.02. The van der Waals surface area contributed by atoms with Crippen molar-refractivity contribution in [1.29, 1.82) is 0 Å². The lowest BCUT2D eigenvalue weighted by atomic mass is 9.65. The summed E-state index contributed by atoms with van der Waals surface area (Å²) in [7, 11) is 0. The second-order valence-corrected chi connectivity index (χ2v) is 13.8. The van der Waals surface area contributed by atoms with Crippen molar-refractivity contribution in [2.45, 2.75) is 76.0 Å². The Morgan fingerprint density at radius 3 is 2.40 bits per heavy atom. The number of hydrogen-bond donors (Lipinski definition) is 3. The van der Waals surface area contributed by atoms with Crippen LogP contribution in [-0.2, 0) is 14.4 Å². The Morgan fingerprint density at radius 2 is 1.80 bits per heavy atom. The van der Waals surface area contributed by atoms with E-state index in [1.54, 1.807) is 16.7 Å². The lowest BCUT2D eigenvalue weighted by molar-refractivity contribution is -0.139. The summed E-state index contributed by atoms with van der Waals surface area (Å²) in [6.45, 7) is 12.4. The molecular formula is C27H39N3O4S. The lowest BCUT2D eigenvalue weighted by Crippen LogP contribution is -2.60. The van der Waals surface area contributed by atoms with Gasteiger partial charge >= 0.3 is 0 Å².